The Hall–Kier alpha value is -0.910. The normalized spacial score (nSPS) is 13.8. The van der Waals surface area contributed by atoms with Crippen LogP contribution in [-0.4, -0.2) is 27.7 Å². The van der Waals surface area contributed by atoms with Crippen molar-refractivity contribution in [2.75, 3.05) is 5.75 Å². The molecule has 1 amide bonds. The molecule has 0 radical (unpaired) electrons. The summed E-state index contributed by atoms with van der Waals surface area (Å²) >= 11 is 11.6. The maximum Gasteiger partial charge on any atom is 0.233 e. The maximum absolute atomic E-state index is 12.1. The molecule has 0 spiro atoms. The Labute approximate surface area is 136 Å². The van der Waals surface area contributed by atoms with Gasteiger partial charge < -0.3 is 5.32 Å². The number of carbonyl (C=O) groups is 2. The first-order valence-electron chi connectivity index (χ1n) is 6.35. The number of benzene rings is 1. The molecule has 0 aromatic heterocycles. The highest BCUT2D eigenvalue weighted by Gasteiger charge is 2.21. The minimum absolute atomic E-state index is 0.0233. The standard InChI is InChI=1S/C14H17Cl2NO3S/c1-8(2)14(9(3)18)17-13(19)7-21(20)10-4-5-11(15)12(16)6-10/h4-6,8,14H,7H2,1-3H3,(H,17,19). The van der Waals surface area contributed by atoms with Crippen LogP contribution in [0.3, 0.4) is 0 Å². The van der Waals surface area contributed by atoms with Gasteiger partial charge in [-0.15, -0.1) is 0 Å². The van der Waals surface area contributed by atoms with E-state index in [9.17, 15) is 13.8 Å². The van der Waals surface area contributed by atoms with Crippen LogP contribution in [0.2, 0.25) is 10.0 Å². The van der Waals surface area contributed by atoms with Crippen molar-refractivity contribution in [2.45, 2.75) is 31.7 Å². The zero-order chi connectivity index (χ0) is 16.2. The van der Waals surface area contributed by atoms with Crippen molar-refractivity contribution in [1.29, 1.82) is 0 Å². The Kier molecular flexibility index (Phi) is 6.84. The first kappa shape index (κ1) is 18.1. The predicted molar refractivity (Wildman–Crippen MR) is 85.2 cm³/mol. The summed E-state index contributed by atoms with van der Waals surface area (Å²) in [6.45, 7) is 5.09. The molecule has 0 fully saturated rings. The molecule has 7 heteroatoms. The lowest BCUT2D eigenvalue weighted by Gasteiger charge is -2.19. The van der Waals surface area contributed by atoms with Gasteiger partial charge in [-0.2, -0.15) is 0 Å². The van der Waals surface area contributed by atoms with E-state index in [1.165, 1.54) is 19.1 Å². The first-order chi connectivity index (χ1) is 9.72. The fourth-order valence-electron chi connectivity index (χ4n) is 1.77. The number of carbonyl (C=O) groups excluding carboxylic acids is 2. The number of ketones is 1. The molecule has 2 unspecified atom stereocenters. The second-order valence-corrected chi connectivity index (χ2v) is 7.23. The number of Topliss-reactive ketones (excluding diaryl/α,β-unsaturated/α-hetero) is 1. The van der Waals surface area contributed by atoms with Crippen molar-refractivity contribution in [3.63, 3.8) is 0 Å². The lowest BCUT2D eigenvalue weighted by Crippen LogP contribution is -2.45. The third-order valence-electron chi connectivity index (χ3n) is 2.84. The number of nitrogens with one attached hydrogen (secondary N) is 1. The van der Waals surface area contributed by atoms with Gasteiger partial charge in [0.25, 0.3) is 0 Å². The molecule has 0 aliphatic carbocycles. The van der Waals surface area contributed by atoms with Crippen molar-refractivity contribution in [2.24, 2.45) is 5.92 Å². The van der Waals surface area contributed by atoms with E-state index in [2.05, 4.69) is 5.32 Å². The molecule has 1 aromatic rings. The summed E-state index contributed by atoms with van der Waals surface area (Å²) in [6, 6.07) is 3.99. The van der Waals surface area contributed by atoms with Crippen molar-refractivity contribution in [1.82, 2.24) is 5.32 Å². The van der Waals surface area contributed by atoms with Gasteiger partial charge >= 0.3 is 0 Å². The Morgan fingerprint density at radius 3 is 2.33 bits per heavy atom. The Bertz CT molecular complexity index is 575. The third-order valence-corrected chi connectivity index (χ3v) is 4.88. The van der Waals surface area contributed by atoms with Gasteiger partial charge in [0.1, 0.15) is 5.75 Å². The Balaban J connectivity index is 2.71. The van der Waals surface area contributed by atoms with Crippen LogP contribution >= 0.6 is 23.2 Å². The van der Waals surface area contributed by atoms with E-state index >= 15 is 0 Å². The van der Waals surface area contributed by atoms with Crippen molar-refractivity contribution < 1.29 is 13.8 Å². The molecule has 1 rings (SSSR count). The monoisotopic (exact) mass is 349 g/mol. The fraction of sp³-hybridized carbons (Fsp3) is 0.429. The molecule has 1 N–H and O–H groups in total. The van der Waals surface area contributed by atoms with Gasteiger partial charge in [0.15, 0.2) is 5.78 Å². The van der Waals surface area contributed by atoms with E-state index in [4.69, 9.17) is 23.2 Å². The van der Waals surface area contributed by atoms with Crippen LogP contribution in [0.25, 0.3) is 0 Å². The van der Waals surface area contributed by atoms with Crippen LogP contribution in [0, 0.1) is 5.92 Å². The number of halogens is 2. The molecule has 0 heterocycles. The fourth-order valence-corrected chi connectivity index (χ4v) is 3.09. The molecule has 4 nitrogen and oxygen atoms in total. The molecular formula is C14H17Cl2NO3S. The van der Waals surface area contributed by atoms with Gasteiger partial charge in [0.2, 0.25) is 5.91 Å². The molecule has 0 saturated heterocycles. The van der Waals surface area contributed by atoms with Crippen molar-refractivity contribution in [3.8, 4) is 0 Å². The second-order valence-electron chi connectivity index (χ2n) is 4.97. The van der Waals surface area contributed by atoms with Crippen LogP contribution in [0.1, 0.15) is 20.8 Å². The molecular weight excluding hydrogens is 333 g/mol. The summed E-state index contributed by atoms with van der Waals surface area (Å²) in [6.07, 6.45) is 0. The van der Waals surface area contributed by atoms with E-state index in [1.807, 2.05) is 13.8 Å². The van der Waals surface area contributed by atoms with Crippen LogP contribution in [0.15, 0.2) is 23.1 Å². The summed E-state index contributed by atoms with van der Waals surface area (Å²) in [4.78, 5) is 23.7. The number of hydrogen-bond donors (Lipinski definition) is 1. The predicted octanol–water partition coefficient (Wildman–Crippen LogP) is 2.83. The maximum atomic E-state index is 12.1. The van der Waals surface area contributed by atoms with Gasteiger partial charge in [-0.3, -0.25) is 13.8 Å². The van der Waals surface area contributed by atoms with Crippen LogP contribution < -0.4 is 5.32 Å². The lowest BCUT2D eigenvalue weighted by molar-refractivity contribution is -0.126. The number of hydrogen-bond acceptors (Lipinski definition) is 3. The van der Waals surface area contributed by atoms with Crippen LogP contribution in [-0.2, 0) is 20.4 Å². The van der Waals surface area contributed by atoms with E-state index < -0.39 is 22.7 Å². The highest BCUT2D eigenvalue weighted by molar-refractivity contribution is 7.85. The van der Waals surface area contributed by atoms with E-state index in [1.54, 1.807) is 6.07 Å². The van der Waals surface area contributed by atoms with Crippen molar-refractivity contribution in [3.05, 3.63) is 28.2 Å². The van der Waals surface area contributed by atoms with Crippen molar-refractivity contribution >= 4 is 45.7 Å². The van der Waals surface area contributed by atoms with Gasteiger partial charge in [0, 0.05) is 4.90 Å². The van der Waals surface area contributed by atoms with E-state index in [0.717, 1.165) is 0 Å². The summed E-state index contributed by atoms with van der Waals surface area (Å²) < 4.78 is 12.1. The Morgan fingerprint density at radius 1 is 1.24 bits per heavy atom. The zero-order valence-electron chi connectivity index (χ0n) is 12.0. The number of amides is 1. The first-order valence-corrected chi connectivity index (χ1v) is 8.43. The molecule has 116 valence electrons. The number of rotatable bonds is 6. The minimum Gasteiger partial charge on any atom is -0.345 e. The van der Waals surface area contributed by atoms with E-state index in [-0.39, 0.29) is 22.5 Å². The van der Waals surface area contributed by atoms with Crippen LogP contribution in [0.5, 0.6) is 0 Å². The Morgan fingerprint density at radius 2 is 1.86 bits per heavy atom. The quantitative estimate of drug-likeness (QED) is 0.858. The van der Waals surface area contributed by atoms with Crippen LogP contribution in [0.4, 0.5) is 0 Å². The van der Waals surface area contributed by atoms with Gasteiger partial charge in [-0.05, 0) is 31.0 Å². The highest BCUT2D eigenvalue weighted by atomic mass is 35.5. The average molecular weight is 350 g/mol. The molecule has 2 atom stereocenters. The van der Waals surface area contributed by atoms with Gasteiger partial charge in [-0.1, -0.05) is 37.0 Å². The van der Waals surface area contributed by atoms with Gasteiger partial charge in [0.05, 0.1) is 26.9 Å². The highest BCUT2D eigenvalue weighted by Crippen LogP contribution is 2.24. The molecule has 0 saturated carbocycles. The SMILES string of the molecule is CC(=O)C(NC(=O)CS(=O)c1ccc(Cl)c(Cl)c1)C(C)C. The van der Waals surface area contributed by atoms with E-state index in [0.29, 0.717) is 9.92 Å². The summed E-state index contributed by atoms with van der Waals surface area (Å²) in [5.74, 6) is -0.814. The zero-order valence-corrected chi connectivity index (χ0v) is 14.3. The average Bonchev–Trinajstić information content (AvgIpc) is 2.38. The topological polar surface area (TPSA) is 63.2 Å². The molecule has 0 aliphatic rings. The van der Waals surface area contributed by atoms with Gasteiger partial charge in [-0.25, -0.2) is 0 Å². The second kappa shape index (κ2) is 7.92. The summed E-state index contributed by atoms with van der Waals surface area (Å²) in [5, 5.41) is 3.25. The largest absolute Gasteiger partial charge is 0.345 e. The molecule has 0 aliphatic heterocycles. The third kappa shape index (κ3) is 5.41. The minimum atomic E-state index is -1.54. The molecule has 1 aromatic carbocycles. The summed E-state index contributed by atoms with van der Waals surface area (Å²) in [5.41, 5.74) is 0. The smallest absolute Gasteiger partial charge is 0.233 e. The molecule has 0 bridgehead atoms. The molecule has 21 heavy (non-hydrogen) atoms. The summed E-state index contributed by atoms with van der Waals surface area (Å²) in [7, 11) is -1.54. The lowest BCUT2D eigenvalue weighted by atomic mass is 10.0.